The van der Waals surface area contributed by atoms with Gasteiger partial charge in [-0.15, -0.1) is 11.6 Å². The minimum Gasteiger partial charge on any atom is -0.497 e. The highest BCUT2D eigenvalue weighted by Gasteiger charge is 2.12. The number of halogens is 1. The summed E-state index contributed by atoms with van der Waals surface area (Å²) < 4.78 is 9.91. The molecule has 0 saturated carbocycles. The van der Waals surface area contributed by atoms with Crippen molar-refractivity contribution in [3.63, 3.8) is 0 Å². The second-order valence-electron chi connectivity index (χ2n) is 3.66. The van der Waals surface area contributed by atoms with E-state index in [4.69, 9.17) is 21.1 Å². The monoisotopic (exact) mass is 256 g/mol. The molecule has 0 saturated heterocycles. The van der Waals surface area contributed by atoms with Crippen LogP contribution in [-0.2, 0) is 16.0 Å². The molecule has 0 radical (unpaired) electrons. The van der Waals surface area contributed by atoms with E-state index in [0.717, 1.165) is 11.3 Å². The molecule has 0 fully saturated rings. The van der Waals surface area contributed by atoms with Gasteiger partial charge >= 0.3 is 5.97 Å². The Kier molecular flexibility index (Phi) is 5.84. The first kappa shape index (κ1) is 13.8. The van der Waals surface area contributed by atoms with E-state index in [1.54, 1.807) is 14.0 Å². The molecule has 94 valence electrons. The third kappa shape index (κ3) is 5.09. The van der Waals surface area contributed by atoms with E-state index in [9.17, 15) is 4.79 Å². The van der Waals surface area contributed by atoms with E-state index in [0.29, 0.717) is 13.0 Å². The first-order valence-electron chi connectivity index (χ1n) is 5.58. The zero-order chi connectivity index (χ0) is 12.7. The Hall–Kier alpha value is -1.22. The molecule has 1 unspecified atom stereocenters. The van der Waals surface area contributed by atoms with Gasteiger partial charge < -0.3 is 9.47 Å². The number of hydrogen-bond donors (Lipinski definition) is 0. The lowest BCUT2D eigenvalue weighted by atomic mass is 10.1. The van der Waals surface area contributed by atoms with Gasteiger partial charge in [0.25, 0.3) is 0 Å². The number of carbonyl (C=O) groups is 1. The number of rotatable bonds is 6. The summed E-state index contributed by atoms with van der Waals surface area (Å²) in [5.74, 6) is 0.561. The van der Waals surface area contributed by atoms with Crippen molar-refractivity contribution < 1.29 is 14.3 Å². The molecule has 1 rings (SSSR count). The van der Waals surface area contributed by atoms with Crippen molar-refractivity contribution in [2.75, 3.05) is 13.7 Å². The molecule has 0 bridgehead atoms. The van der Waals surface area contributed by atoms with Crippen LogP contribution in [0.4, 0.5) is 0 Å². The van der Waals surface area contributed by atoms with Crippen LogP contribution in [0.1, 0.15) is 18.9 Å². The smallest absolute Gasteiger partial charge is 0.307 e. The average molecular weight is 257 g/mol. The highest BCUT2D eigenvalue weighted by molar-refractivity contribution is 6.21. The fraction of sp³-hybridized carbons (Fsp3) is 0.462. The van der Waals surface area contributed by atoms with Gasteiger partial charge in [-0.1, -0.05) is 12.1 Å². The number of carbonyl (C=O) groups excluding carboxylic acids is 1. The molecule has 0 spiro atoms. The van der Waals surface area contributed by atoms with Gasteiger partial charge in [0.15, 0.2) is 0 Å². The van der Waals surface area contributed by atoms with Crippen molar-refractivity contribution in [2.24, 2.45) is 0 Å². The van der Waals surface area contributed by atoms with Crippen molar-refractivity contribution in [1.82, 2.24) is 0 Å². The zero-order valence-corrected chi connectivity index (χ0v) is 10.9. The van der Waals surface area contributed by atoms with Crippen molar-refractivity contribution in [1.29, 1.82) is 0 Å². The lowest BCUT2D eigenvalue weighted by Gasteiger charge is -2.09. The molecular weight excluding hydrogens is 240 g/mol. The van der Waals surface area contributed by atoms with Crippen LogP contribution in [0.5, 0.6) is 5.75 Å². The van der Waals surface area contributed by atoms with Crippen molar-refractivity contribution in [3.8, 4) is 5.75 Å². The standard InChI is InChI=1S/C13H17ClO3/c1-3-17-13(15)9-11(14)8-10-4-6-12(16-2)7-5-10/h4-7,11H,3,8-9H2,1-2H3. The number of ether oxygens (including phenoxy) is 2. The zero-order valence-electron chi connectivity index (χ0n) is 10.1. The normalized spacial score (nSPS) is 11.9. The van der Waals surface area contributed by atoms with Crippen molar-refractivity contribution >= 4 is 17.6 Å². The fourth-order valence-electron chi connectivity index (χ4n) is 1.49. The minimum atomic E-state index is -0.249. The Bertz CT molecular complexity index is 348. The maximum Gasteiger partial charge on any atom is 0.307 e. The summed E-state index contributed by atoms with van der Waals surface area (Å²) in [5.41, 5.74) is 1.08. The van der Waals surface area contributed by atoms with E-state index in [-0.39, 0.29) is 17.8 Å². The van der Waals surface area contributed by atoms with Crippen LogP contribution in [0.2, 0.25) is 0 Å². The quantitative estimate of drug-likeness (QED) is 0.580. The van der Waals surface area contributed by atoms with Gasteiger partial charge in [-0.25, -0.2) is 0 Å². The Balaban J connectivity index is 2.44. The van der Waals surface area contributed by atoms with E-state index < -0.39 is 0 Å². The largest absolute Gasteiger partial charge is 0.497 e. The summed E-state index contributed by atoms with van der Waals surface area (Å²) in [5, 5.41) is -0.234. The molecule has 0 amide bonds. The molecule has 1 aromatic rings. The van der Waals surface area contributed by atoms with Gasteiger partial charge in [-0.2, -0.15) is 0 Å². The van der Waals surface area contributed by atoms with Crippen LogP contribution in [0.3, 0.4) is 0 Å². The number of benzene rings is 1. The summed E-state index contributed by atoms with van der Waals surface area (Å²) in [6.45, 7) is 2.18. The SMILES string of the molecule is CCOC(=O)CC(Cl)Cc1ccc(OC)cc1. The summed E-state index contributed by atoms with van der Waals surface area (Å²) in [6, 6.07) is 7.64. The van der Waals surface area contributed by atoms with E-state index >= 15 is 0 Å². The van der Waals surface area contributed by atoms with Gasteiger partial charge in [0, 0.05) is 5.38 Å². The second-order valence-corrected chi connectivity index (χ2v) is 4.28. The lowest BCUT2D eigenvalue weighted by Crippen LogP contribution is -2.13. The molecule has 4 heteroatoms. The molecule has 0 aliphatic carbocycles. The first-order valence-corrected chi connectivity index (χ1v) is 6.02. The highest BCUT2D eigenvalue weighted by atomic mass is 35.5. The average Bonchev–Trinajstić information content (AvgIpc) is 2.30. The Labute approximate surface area is 107 Å². The number of hydrogen-bond acceptors (Lipinski definition) is 3. The van der Waals surface area contributed by atoms with Crippen LogP contribution in [0.25, 0.3) is 0 Å². The number of alkyl halides is 1. The Morgan fingerprint density at radius 1 is 1.35 bits per heavy atom. The number of esters is 1. The predicted molar refractivity (Wildman–Crippen MR) is 67.6 cm³/mol. The van der Waals surface area contributed by atoms with Gasteiger partial charge in [0.05, 0.1) is 20.1 Å². The summed E-state index contributed by atoms with van der Waals surface area (Å²) in [6.07, 6.45) is 0.881. The molecule has 0 aromatic heterocycles. The molecule has 17 heavy (non-hydrogen) atoms. The van der Waals surface area contributed by atoms with Crippen LogP contribution in [0.15, 0.2) is 24.3 Å². The molecular formula is C13H17ClO3. The van der Waals surface area contributed by atoms with E-state index in [1.165, 1.54) is 0 Å². The lowest BCUT2D eigenvalue weighted by molar-refractivity contribution is -0.143. The molecule has 0 aliphatic heterocycles. The number of methoxy groups -OCH3 is 1. The van der Waals surface area contributed by atoms with Gasteiger partial charge in [0.2, 0.25) is 0 Å². The van der Waals surface area contributed by atoms with Crippen molar-refractivity contribution in [3.05, 3.63) is 29.8 Å². The van der Waals surface area contributed by atoms with E-state index in [1.807, 2.05) is 24.3 Å². The van der Waals surface area contributed by atoms with Crippen LogP contribution >= 0.6 is 11.6 Å². The maximum absolute atomic E-state index is 11.2. The summed E-state index contributed by atoms with van der Waals surface area (Å²) in [4.78, 5) is 11.2. The van der Waals surface area contributed by atoms with Crippen LogP contribution in [-0.4, -0.2) is 25.1 Å². The maximum atomic E-state index is 11.2. The third-order valence-corrected chi connectivity index (χ3v) is 2.62. The molecule has 0 heterocycles. The topological polar surface area (TPSA) is 35.5 Å². The molecule has 0 N–H and O–H groups in total. The Morgan fingerprint density at radius 2 is 2.00 bits per heavy atom. The molecule has 3 nitrogen and oxygen atoms in total. The van der Waals surface area contributed by atoms with Crippen molar-refractivity contribution in [2.45, 2.75) is 25.1 Å². The second kappa shape index (κ2) is 7.17. The van der Waals surface area contributed by atoms with Crippen LogP contribution in [0, 0.1) is 0 Å². The summed E-state index contributed by atoms with van der Waals surface area (Å²) in [7, 11) is 1.63. The highest BCUT2D eigenvalue weighted by Crippen LogP contribution is 2.16. The fourth-order valence-corrected chi connectivity index (χ4v) is 1.79. The minimum absolute atomic E-state index is 0.234. The van der Waals surface area contributed by atoms with Gasteiger partial charge in [-0.05, 0) is 31.0 Å². The van der Waals surface area contributed by atoms with Gasteiger partial charge in [0.1, 0.15) is 5.75 Å². The molecule has 0 aliphatic rings. The Morgan fingerprint density at radius 3 is 2.53 bits per heavy atom. The van der Waals surface area contributed by atoms with Crippen LogP contribution < -0.4 is 4.74 Å². The first-order chi connectivity index (χ1) is 8.15. The molecule has 1 aromatic carbocycles. The van der Waals surface area contributed by atoms with E-state index in [2.05, 4.69) is 0 Å². The third-order valence-electron chi connectivity index (χ3n) is 2.31. The predicted octanol–water partition coefficient (Wildman–Crippen LogP) is 2.80. The molecule has 1 atom stereocenters. The van der Waals surface area contributed by atoms with Gasteiger partial charge in [-0.3, -0.25) is 4.79 Å². The summed E-state index contributed by atoms with van der Waals surface area (Å²) >= 11 is 6.09.